The SMILES string of the molecule is CCC(C)(C)c1ccc(CNC(=O)C2CCCN2)cc1. The third kappa shape index (κ3) is 3.60. The highest BCUT2D eigenvalue weighted by Crippen LogP contribution is 2.26. The van der Waals surface area contributed by atoms with Crippen molar-refractivity contribution in [2.75, 3.05) is 6.54 Å². The van der Waals surface area contributed by atoms with Crippen molar-refractivity contribution >= 4 is 5.91 Å². The minimum atomic E-state index is 0.00768. The summed E-state index contributed by atoms with van der Waals surface area (Å²) in [5.41, 5.74) is 2.73. The summed E-state index contributed by atoms with van der Waals surface area (Å²) in [6.45, 7) is 8.30. The van der Waals surface area contributed by atoms with Gasteiger partial charge in [0.05, 0.1) is 6.04 Å². The van der Waals surface area contributed by atoms with Gasteiger partial charge in [-0.25, -0.2) is 0 Å². The Bertz CT molecular complexity index is 445. The van der Waals surface area contributed by atoms with Crippen LogP contribution in [0.1, 0.15) is 51.2 Å². The topological polar surface area (TPSA) is 41.1 Å². The second-order valence-corrected chi connectivity index (χ2v) is 6.30. The fraction of sp³-hybridized carbons (Fsp3) is 0.588. The number of carbonyl (C=O) groups is 1. The lowest BCUT2D eigenvalue weighted by atomic mass is 9.82. The van der Waals surface area contributed by atoms with Gasteiger partial charge in [-0.3, -0.25) is 4.79 Å². The molecule has 0 bridgehead atoms. The average Bonchev–Trinajstić information content (AvgIpc) is 2.99. The van der Waals surface area contributed by atoms with Crippen LogP contribution >= 0.6 is 0 Å². The molecule has 2 N–H and O–H groups in total. The molecule has 1 aliphatic heterocycles. The summed E-state index contributed by atoms with van der Waals surface area (Å²) in [5, 5.41) is 6.23. The first-order valence-corrected chi connectivity index (χ1v) is 7.63. The number of benzene rings is 1. The molecule has 110 valence electrons. The summed E-state index contributed by atoms with van der Waals surface area (Å²) >= 11 is 0. The molecule has 2 rings (SSSR count). The number of nitrogens with one attached hydrogen (secondary N) is 2. The van der Waals surface area contributed by atoms with Crippen molar-refractivity contribution in [3.63, 3.8) is 0 Å². The minimum Gasteiger partial charge on any atom is -0.351 e. The lowest BCUT2D eigenvalue weighted by Gasteiger charge is -2.23. The lowest BCUT2D eigenvalue weighted by molar-refractivity contribution is -0.122. The zero-order valence-corrected chi connectivity index (χ0v) is 12.8. The third-order valence-corrected chi connectivity index (χ3v) is 4.46. The molecule has 1 aliphatic rings. The molecule has 1 unspecified atom stereocenters. The molecule has 0 aliphatic carbocycles. The van der Waals surface area contributed by atoms with E-state index < -0.39 is 0 Å². The standard InChI is InChI=1S/C17H26N2O/c1-4-17(2,3)14-9-7-13(8-10-14)12-19-16(20)15-6-5-11-18-15/h7-10,15,18H,4-6,11-12H2,1-3H3,(H,19,20). The molecule has 1 fully saturated rings. The molecule has 3 heteroatoms. The molecule has 3 nitrogen and oxygen atoms in total. The maximum absolute atomic E-state index is 11.9. The number of carbonyl (C=O) groups excluding carboxylic acids is 1. The van der Waals surface area contributed by atoms with Crippen LogP contribution in [0.3, 0.4) is 0 Å². The second kappa shape index (κ2) is 6.40. The number of hydrogen-bond donors (Lipinski definition) is 2. The predicted molar refractivity (Wildman–Crippen MR) is 82.6 cm³/mol. The zero-order chi connectivity index (χ0) is 14.6. The van der Waals surface area contributed by atoms with E-state index >= 15 is 0 Å². The molecular weight excluding hydrogens is 248 g/mol. The van der Waals surface area contributed by atoms with Gasteiger partial charge in [-0.1, -0.05) is 45.0 Å². The average molecular weight is 274 g/mol. The fourth-order valence-electron chi connectivity index (χ4n) is 2.50. The molecule has 1 heterocycles. The third-order valence-electron chi connectivity index (χ3n) is 4.46. The van der Waals surface area contributed by atoms with Crippen LogP contribution in [0.15, 0.2) is 24.3 Å². The maximum Gasteiger partial charge on any atom is 0.237 e. The van der Waals surface area contributed by atoms with Gasteiger partial charge in [0.25, 0.3) is 0 Å². The minimum absolute atomic E-state index is 0.00768. The van der Waals surface area contributed by atoms with E-state index in [1.807, 2.05) is 0 Å². The highest BCUT2D eigenvalue weighted by Gasteiger charge is 2.21. The van der Waals surface area contributed by atoms with E-state index in [2.05, 4.69) is 55.7 Å². The molecule has 0 spiro atoms. The van der Waals surface area contributed by atoms with Crippen molar-refractivity contribution in [3.8, 4) is 0 Å². The van der Waals surface area contributed by atoms with Gasteiger partial charge in [0.15, 0.2) is 0 Å². The smallest absolute Gasteiger partial charge is 0.237 e. The molecule has 0 radical (unpaired) electrons. The van der Waals surface area contributed by atoms with E-state index in [0.29, 0.717) is 6.54 Å². The first kappa shape index (κ1) is 15.0. The molecule has 1 amide bonds. The normalized spacial score (nSPS) is 19.1. The van der Waals surface area contributed by atoms with Crippen LogP contribution in [0, 0.1) is 0 Å². The molecule has 1 aromatic rings. The van der Waals surface area contributed by atoms with Crippen LogP contribution in [0.5, 0.6) is 0 Å². The van der Waals surface area contributed by atoms with Gasteiger partial charge in [0.2, 0.25) is 5.91 Å². The summed E-state index contributed by atoms with van der Waals surface area (Å²) in [6, 6.07) is 8.61. The lowest BCUT2D eigenvalue weighted by Crippen LogP contribution is -2.40. The Hall–Kier alpha value is -1.35. The van der Waals surface area contributed by atoms with Gasteiger partial charge < -0.3 is 10.6 Å². The summed E-state index contributed by atoms with van der Waals surface area (Å²) < 4.78 is 0. The zero-order valence-electron chi connectivity index (χ0n) is 12.8. The highest BCUT2D eigenvalue weighted by atomic mass is 16.2. The van der Waals surface area contributed by atoms with Crippen LogP contribution in [0.4, 0.5) is 0 Å². The summed E-state index contributed by atoms with van der Waals surface area (Å²) in [4.78, 5) is 11.9. The number of amides is 1. The summed E-state index contributed by atoms with van der Waals surface area (Å²) in [5.74, 6) is 0.125. The van der Waals surface area contributed by atoms with Gasteiger partial charge in [0, 0.05) is 6.54 Å². The predicted octanol–water partition coefficient (Wildman–Crippen LogP) is 2.74. The van der Waals surface area contributed by atoms with E-state index in [0.717, 1.165) is 31.4 Å². The van der Waals surface area contributed by atoms with E-state index in [9.17, 15) is 4.79 Å². The van der Waals surface area contributed by atoms with Crippen molar-refractivity contribution in [3.05, 3.63) is 35.4 Å². The van der Waals surface area contributed by atoms with E-state index in [-0.39, 0.29) is 17.4 Å². The van der Waals surface area contributed by atoms with Crippen molar-refractivity contribution in [1.82, 2.24) is 10.6 Å². The molecule has 1 aromatic carbocycles. The largest absolute Gasteiger partial charge is 0.351 e. The Balaban J connectivity index is 1.89. The number of hydrogen-bond acceptors (Lipinski definition) is 2. The Morgan fingerprint density at radius 3 is 2.60 bits per heavy atom. The van der Waals surface area contributed by atoms with E-state index in [1.165, 1.54) is 5.56 Å². The fourth-order valence-corrected chi connectivity index (χ4v) is 2.50. The molecular formula is C17H26N2O. The molecule has 0 saturated carbocycles. The Morgan fingerprint density at radius 2 is 2.05 bits per heavy atom. The molecule has 1 saturated heterocycles. The van der Waals surface area contributed by atoms with Crippen LogP contribution in [-0.2, 0) is 16.8 Å². The first-order valence-electron chi connectivity index (χ1n) is 7.63. The summed E-state index contributed by atoms with van der Waals surface area (Å²) in [7, 11) is 0. The van der Waals surface area contributed by atoms with Crippen LogP contribution < -0.4 is 10.6 Å². The van der Waals surface area contributed by atoms with Gasteiger partial charge in [-0.05, 0) is 42.3 Å². The van der Waals surface area contributed by atoms with Gasteiger partial charge in [0.1, 0.15) is 0 Å². The van der Waals surface area contributed by atoms with Crippen molar-refractivity contribution in [2.24, 2.45) is 0 Å². The van der Waals surface area contributed by atoms with Gasteiger partial charge in [-0.2, -0.15) is 0 Å². The Kier molecular flexibility index (Phi) is 4.81. The number of rotatable bonds is 5. The van der Waals surface area contributed by atoms with Crippen LogP contribution in [0.2, 0.25) is 0 Å². The molecule has 0 aromatic heterocycles. The van der Waals surface area contributed by atoms with Gasteiger partial charge in [-0.15, -0.1) is 0 Å². The Labute approximate surface area is 122 Å². The molecule has 1 atom stereocenters. The highest BCUT2D eigenvalue weighted by molar-refractivity contribution is 5.81. The van der Waals surface area contributed by atoms with Crippen molar-refractivity contribution < 1.29 is 4.79 Å². The Morgan fingerprint density at radius 1 is 1.35 bits per heavy atom. The first-order chi connectivity index (χ1) is 9.53. The van der Waals surface area contributed by atoms with Crippen molar-refractivity contribution in [2.45, 2.75) is 58.0 Å². The molecule has 20 heavy (non-hydrogen) atoms. The van der Waals surface area contributed by atoms with Crippen LogP contribution in [-0.4, -0.2) is 18.5 Å². The monoisotopic (exact) mass is 274 g/mol. The van der Waals surface area contributed by atoms with E-state index in [4.69, 9.17) is 0 Å². The maximum atomic E-state index is 11.9. The van der Waals surface area contributed by atoms with E-state index in [1.54, 1.807) is 0 Å². The van der Waals surface area contributed by atoms with Gasteiger partial charge >= 0.3 is 0 Å². The van der Waals surface area contributed by atoms with Crippen LogP contribution in [0.25, 0.3) is 0 Å². The summed E-state index contributed by atoms with van der Waals surface area (Å²) in [6.07, 6.45) is 3.17. The quantitative estimate of drug-likeness (QED) is 0.867. The second-order valence-electron chi connectivity index (χ2n) is 6.30. The van der Waals surface area contributed by atoms with Crippen molar-refractivity contribution in [1.29, 1.82) is 0 Å².